The van der Waals surface area contributed by atoms with Crippen LogP contribution in [0.2, 0.25) is 0 Å². The fourth-order valence-electron chi connectivity index (χ4n) is 3.06. The third-order valence-electron chi connectivity index (χ3n) is 4.77. The van der Waals surface area contributed by atoms with Crippen LogP contribution in [0, 0.1) is 18.3 Å². The van der Waals surface area contributed by atoms with Crippen LogP contribution in [0.25, 0.3) is 11.3 Å². The summed E-state index contributed by atoms with van der Waals surface area (Å²) in [5, 5.41) is 11.8. The molecule has 3 aromatic rings. The summed E-state index contributed by atoms with van der Waals surface area (Å²) in [6, 6.07) is 15.2. The molecule has 0 aliphatic heterocycles. The zero-order chi connectivity index (χ0) is 25.6. The average Bonchev–Trinajstić information content (AvgIpc) is 2.82. The van der Waals surface area contributed by atoms with Gasteiger partial charge in [0.1, 0.15) is 11.1 Å². The highest BCUT2D eigenvalue weighted by molar-refractivity contribution is 8.00. The molecule has 0 aliphatic rings. The van der Waals surface area contributed by atoms with Crippen LogP contribution in [0.4, 0.5) is 18.9 Å². The van der Waals surface area contributed by atoms with Crippen molar-refractivity contribution in [3.05, 3.63) is 76.9 Å². The normalized spacial score (nSPS) is 11.0. The van der Waals surface area contributed by atoms with Crippen molar-refractivity contribution >= 4 is 29.3 Å². The summed E-state index contributed by atoms with van der Waals surface area (Å²) < 4.78 is 46.0. The van der Waals surface area contributed by atoms with Crippen molar-refractivity contribution in [2.24, 2.45) is 0 Å². The Morgan fingerprint density at radius 1 is 1.11 bits per heavy atom. The number of carbonyl (C=O) groups excluding carboxylic acids is 2. The van der Waals surface area contributed by atoms with Crippen LogP contribution in [0.5, 0.6) is 0 Å². The molecule has 0 atom stereocenters. The molecule has 1 N–H and O–H groups in total. The summed E-state index contributed by atoms with van der Waals surface area (Å²) in [5.41, 5.74) is 0.400. The van der Waals surface area contributed by atoms with E-state index >= 15 is 0 Å². The Morgan fingerprint density at radius 2 is 1.77 bits per heavy atom. The summed E-state index contributed by atoms with van der Waals surface area (Å²) in [7, 11) is 0. The maximum atomic E-state index is 13.7. The van der Waals surface area contributed by atoms with E-state index in [2.05, 4.69) is 10.3 Å². The zero-order valence-electron chi connectivity index (χ0n) is 18.8. The molecule has 0 radical (unpaired) electrons. The topological polar surface area (TPSA) is 92.1 Å². The van der Waals surface area contributed by atoms with Crippen LogP contribution >= 0.6 is 11.8 Å². The lowest BCUT2D eigenvalue weighted by atomic mass is 10.0. The van der Waals surface area contributed by atoms with E-state index in [1.165, 1.54) is 24.3 Å². The van der Waals surface area contributed by atoms with Gasteiger partial charge < -0.3 is 10.1 Å². The van der Waals surface area contributed by atoms with Crippen molar-refractivity contribution in [1.29, 1.82) is 5.26 Å². The molecule has 0 spiro atoms. The van der Waals surface area contributed by atoms with Gasteiger partial charge in [-0.2, -0.15) is 18.4 Å². The second-order valence-electron chi connectivity index (χ2n) is 7.35. The lowest BCUT2D eigenvalue weighted by molar-refractivity contribution is -0.138. The summed E-state index contributed by atoms with van der Waals surface area (Å²) in [4.78, 5) is 28.4. The maximum absolute atomic E-state index is 13.7. The number of ether oxygens (including phenoxy) is 1. The van der Waals surface area contributed by atoms with Gasteiger partial charge >= 0.3 is 12.1 Å². The molecule has 0 bridgehead atoms. The molecule has 0 fully saturated rings. The number of alkyl halides is 3. The second kappa shape index (κ2) is 11.1. The van der Waals surface area contributed by atoms with Crippen LogP contribution in [-0.2, 0) is 15.7 Å². The van der Waals surface area contributed by atoms with Gasteiger partial charge in [0, 0.05) is 11.3 Å². The molecule has 0 unspecified atom stereocenters. The van der Waals surface area contributed by atoms with Crippen molar-refractivity contribution in [3.8, 4) is 17.3 Å². The van der Waals surface area contributed by atoms with Gasteiger partial charge in [-0.15, -0.1) is 0 Å². The van der Waals surface area contributed by atoms with Gasteiger partial charge in [-0.05, 0) is 44.2 Å². The molecule has 180 valence electrons. The van der Waals surface area contributed by atoms with Gasteiger partial charge in [-0.1, -0.05) is 41.6 Å². The molecule has 10 heteroatoms. The number of pyridine rings is 1. The number of benzene rings is 2. The van der Waals surface area contributed by atoms with E-state index in [1.54, 1.807) is 37.3 Å². The number of nitriles is 1. The van der Waals surface area contributed by atoms with Gasteiger partial charge in [0.2, 0.25) is 5.91 Å². The molecule has 1 aromatic heterocycles. The monoisotopic (exact) mass is 499 g/mol. The van der Waals surface area contributed by atoms with E-state index in [-0.39, 0.29) is 23.1 Å². The minimum absolute atomic E-state index is 0.0498. The number of halogens is 3. The lowest BCUT2D eigenvalue weighted by Crippen LogP contribution is -2.15. The molecule has 2 aromatic carbocycles. The first kappa shape index (κ1) is 25.8. The minimum Gasteiger partial charge on any atom is -0.462 e. The zero-order valence-corrected chi connectivity index (χ0v) is 19.6. The second-order valence-corrected chi connectivity index (χ2v) is 8.31. The lowest BCUT2D eigenvalue weighted by Gasteiger charge is -2.14. The molecule has 0 saturated carbocycles. The first-order valence-electron chi connectivity index (χ1n) is 10.4. The van der Waals surface area contributed by atoms with Gasteiger partial charge in [-0.25, -0.2) is 9.78 Å². The smallest absolute Gasteiger partial charge is 0.417 e. The summed E-state index contributed by atoms with van der Waals surface area (Å²) >= 11 is 0.736. The van der Waals surface area contributed by atoms with Gasteiger partial charge in [-0.3, -0.25) is 4.79 Å². The number of aryl methyl sites for hydroxylation is 1. The Kier molecular flexibility index (Phi) is 8.14. The van der Waals surface area contributed by atoms with Crippen molar-refractivity contribution in [2.45, 2.75) is 25.0 Å². The number of amides is 1. The SMILES string of the molecule is CCOC(=O)c1ccc(NC(=O)CSc2nc(-c3ccc(C)cc3)cc(C(F)(F)F)c2C#N)cc1. The Bertz CT molecular complexity index is 1270. The van der Waals surface area contributed by atoms with E-state index in [0.29, 0.717) is 16.8 Å². The Hall–Kier alpha value is -3.84. The van der Waals surface area contributed by atoms with Gasteiger partial charge in [0.25, 0.3) is 0 Å². The predicted molar refractivity (Wildman–Crippen MR) is 126 cm³/mol. The van der Waals surface area contributed by atoms with E-state index in [9.17, 15) is 28.0 Å². The van der Waals surface area contributed by atoms with E-state index in [4.69, 9.17) is 4.74 Å². The molecule has 0 saturated heterocycles. The minimum atomic E-state index is -4.77. The summed E-state index contributed by atoms with van der Waals surface area (Å²) in [6.07, 6.45) is -4.77. The van der Waals surface area contributed by atoms with Crippen LogP contribution in [-0.4, -0.2) is 29.2 Å². The fourth-order valence-corrected chi connectivity index (χ4v) is 3.87. The molecular weight excluding hydrogens is 479 g/mol. The molecule has 1 amide bonds. The molecular formula is C25H20F3N3O3S. The van der Waals surface area contributed by atoms with Gasteiger partial charge in [0.15, 0.2) is 0 Å². The Balaban J connectivity index is 1.81. The number of esters is 1. The predicted octanol–water partition coefficient (Wildman–Crippen LogP) is 5.86. The van der Waals surface area contributed by atoms with Crippen molar-refractivity contribution < 1.29 is 27.5 Å². The van der Waals surface area contributed by atoms with Crippen molar-refractivity contribution in [1.82, 2.24) is 4.98 Å². The Morgan fingerprint density at radius 3 is 2.34 bits per heavy atom. The maximum Gasteiger partial charge on any atom is 0.417 e. The highest BCUT2D eigenvalue weighted by Gasteiger charge is 2.36. The van der Waals surface area contributed by atoms with Crippen LogP contribution in [0.3, 0.4) is 0 Å². The number of anilines is 1. The number of rotatable bonds is 7. The number of carbonyl (C=O) groups is 2. The van der Waals surface area contributed by atoms with Crippen molar-refractivity contribution in [2.75, 3.05) is 17.7 Å². The number of nitrogens with one attached hydrogen (secondary N) is 1. The van der Waals surface area contributed by atoms with E-state index in [0.717, 1.165) is 23.4 Å². The quantitative estimate of drug-likeness (QED) is 0.324. The average molecular weight is 500 g/mol. The molecule has 0 aliphatic carbocycles. The highest BCUT2D eigenvalue weighted by Crippen LogP contribution is 2.38. The van der Waals surface area contributed by atoms with E-state index < -0.39 is 29.2 Å². The third kappa shape index (κ3) is 6.61. The summed E-state index contributed by atoms with van der Waals surface area (Å²) in [6.45, 7) is 3.76. The van der Waals surface area contributed by atoms with Crippen molar-refractivity contribution in [3.63, 3.8) is 0 Å². The Labute approximate surface area is 204 Å². The molecule has 6 nitrogen and oxygen atoms in total. The molecule has 1 heterocycles. The third-order valence-corrected chi connectivity index (χ3v) is 5.75. The number of thioether (sulfide) groups is 1. The largest absolute Gasteiger partial charge is 0.462 e. The number of hydrogen-bond donors (Lipinski definition) is 1. The number of nitrogens with zero attached hydrogens (tertiary/aromatic N) is 2. The first-order valence-corrected chi connectivity index (χ1v) is 11.4. The standard InChI is InChI=1S/C25H20F3N3O3S/c1-3-34-24(33)17-8-10-18(11-9-17)30-22(32)14-35-23-19(13-29)20(25(26,27)28)12-21(31-23)16-6-4-15(2)5-7-16/h4-12H,3,14H2,1-2H3,(H,30,32). The summed E-state index contributed by atoms with van der Waals surface area (Å²) in [5.74, 6) is -1.29. The van der Waals surface area contributed by atoms with E-state index in [1.807, 2.05) is 6.92 Å². The number of hydrogen-bond acceptors (Lipinski definition) is 6. The highest BCUT2D eigenvalue weighted by atomic mass is 32.2. The fraction of sp³-hybridized carbons (Fsp3) is 0.200. The van der Waals surface area contributed by atoms with Crippen LogP contribution < -0.4 is 5.32 Å². The van der Waals surface area contributed by atoms with Crippen LogP contribution in [0.1, 0.15) is 34.0 Å². The van der Waals surface area contributed by atoms with Gasteiger partial charge in [0.05, 0.1) is 34.7 Å². The first-order chi connectivity index (χ1) is 16.6. The number of aromatic nitrogens is 1. The molecule has 3 rings (SSSR count). The van der Waals surface area contributed by atoms with Crippen LogP contribution in [0.15, 0.2) is 59.6 Å². The molecule has 35 heavy (non-hydrogen) atoms.